The Morgan fingerprint density at radius 2 is 1.84 bits per heavy atom. The fourth-order valence-electron chi connectivity index (χ4n) is 3.20. The number of amides is 2. The maximum atomic E-state index is 13.0. The van der Waals surface area contributed by atoms with Gasteiger partial charge >= 0.3 is 5.97 Å². The van der Waals surface area contributed by atoms with Crippen LogP contribution >= 0.6 is 0 Å². The third-order valence-electron chi connectivity index (χ3n) is 4.64. The third-order valence-corrected chi connectivity index (χ3v) is 4.64. The summed E-state index contributed by atoms with van der Waals surface area (Å²) >= 11 is 0. The summed E-state index contributed by atoms with van der Waals surface area (Å²) in [5.74, 6) is -0.475. The van der Waals surface area contributed by atoms with E-state index in [1.54, 1.807) is 49.3 Å². The minimum absolute atomic E-state index is 0.0450. The Labute approximate surface area is 182 Å². The number of rotatable bonds is 10. The van der Waals surface area contributed by atoms with E-state index in [-0.39, 0.29) is 35.6 Å². The molecule has 0 saturated carbocycles. The van der Waals surface area contributed by atoms with E-state index in [4.69, 9.17) is 14.2 Å². The number of esters is 1. The second-order valence-electron chi connectivity index (χ2n) is 7.39. The van der Waals surface area contributed by atoms with Gasteiger partial charge in [0.2, 0.25) is 0 Å². The number of ether oxygens (including phenoxy) is 3. The number of nitrogens with zero attached hydrogens (tertiary/aromatic N) is 1. The van der Waals surface area contributed by atoms with Crippen LogP contribution in [-0.4, -0.2) is 62.7 Å². The lowest BCUT2D eigenvalue weighted by Crippen LogP contribution is -2.34. The van der Waals surface area contributed by atoms with Crippen LogP contribution in [0.1, 0.15) is 32.8 Å². The van der Waals surface area contributed by atoms with E-state index in [9.17, 15) is 14.4 Å². The van der Waals surface area contributed by atoms with Crippen molar-refractivity contribution in [2.24, 2.45) is 0 Å². The summed E-state index contributed by atoms with van der Waals surface area (Å²) in [6.45, 7) is 6.37. The van der Waals surface area contributed by atoms with E-state index in [1.165, 1.54) is 7.11 Å². The van der Waals surface area contributed by atoms with Crippen LogP contribution in [0.5, 0.6) is 5.75 Å². The molecule has 8 nitrogen and oxygen atoms in total. The molecular formula is C23H30N2O6. The normalized spacial score (nSPS) is 15.1. The Bertz CT molecular complexity index is 871. The molecule has 0 atom stereocenters. The van der Waals surface area contributed by atoms with Crippen molar-refractivity contribution in [3.63, 3.8) is 0 Å². The zero-order valence-corrected chi connectivity index (χ0v) is 18.7. The number of hydrogen-bond donors (Lipinski definition) is 1. The summed E-state index contributed by atoms with van der Waals surface area (Å²) in [5, 5.41) is 2.75. The molecule has 0 aliphatic carbocycles. The highest BCUT2D eigenvalue weighted by Gasteiger charge is 2.36. The molecule has 1 N–H and O–H groups in total. The summed E-state index contributed by atoms with van der Waals surface area (Å²) in [5.41, 5.74) is 1.83. The van der Waals surface area contributed by atoms with Crippen molar-refractivity contribution in [1.29, 1.82) is 0 Å². The van der Waals surface area contributed by atoms with Crippen LogP contribution in [0.3, 0.4) is 0 Å². The Balaban J connectivity index is 2.19. The molecule has 8 heteroatoms. The molecule has 0 radical (unpaired) electrons. The van der Waals surface area contributed by atoms with Gasteiger partial charge < -0.3 is 24.4 Å². The van der Waals surface area contributed by atoms with Gasteiger partial charge in [0, 0.05) is 32.0 Å². The second kappa shape index (κ2) is 11.3. The number of methoxy groups -OCH3 is 2. The number of allylic oxidation sites excluding steroid dienone is 1. The van der Waals surface area contributed by atoms with Gasteiger partial charge in [0.25, 0.3) is 11.8 Å². The number of benzene rings is 1. The van der Waals surface area contributed by atoms with Gasteiger partial charge in [-0.05, 0) is 51.0 Å². The Morgan fingerprint density at radius 3 is 2.42 bits per heavy atom. The predicted octanol–water partition coefficient (Wildman–Crippen LogP) is 2.30. The first-order valence-corrected chi connectivity index (χ1v) is 10.1. The number of hydrogen-bond acceptors (Lipinski definition) is 6. The average molecular weight is 431 g/mol. The molecule has 31 heavy (non-hydrogen) atoms. The van der Waals surface area contributed by atoms with Crippen LogP contribution in [0, 0.1) is 0 Å². The van der Waals surface area contributed by atoms with Gasteiger partial charge in [0.1, 0.15) is 5.75 Å². The summed E-state index contributed by atoms with van der Waals surface area (Å²) in [4.78, 5) is 38.6. The van der Waals surface area contributed by atoms with Crippen LogP contribution in [0.2, 0.25) is 0 Å². The molecule has 0 bridgehead atoms. The molecule has 0 unspecified atom stereocenters. The second-order valence-corrected chi connectivity index (χ2v) is 7.39. The molecule has 1 heterocycles. The molecule has 2 rings (SSSR count). The third kappa shape index (κ3) is 6.42. The van der Waals surface area contributed by atoms with E-state index in [1.807, 2.05) is 13.8 Å². The van der Waals surface area contributed by atoms with Crippen molar-refractivity contribution in [3.8, 4) is 5.75 Å². The minimum atomic E-state index is -0.553. The monoisotopic (exact) mass is 430 g/mol. The summed E-state index contributed by atoms with van der Waals surface area (Å²) < 4.78 is 15.4. The quantitative estimate of drug-likeness (QED) is 0.348. The van der Waals surface area contributed by atoms with Gasteiger partial charge in [-0.1, -0.05) is 12.1 Å². The minimum Gasteiger partial charge on any atom is -0.484 e. The first-order chi connectivity index (χ1) is 14.8. The van der Waals surface area contributed by atoms with E-state index in [0.717, 1.165) is 5.56 Å². The number of carbonyl (C=O) groups is 3. The van der Waals surface area contributed by atoms with Crippen molar-refractivity contribution in [1.82, 2.24) is 10.2 Å². The maximum absolute atomic E-state index is 13.0. The molecule has 1 aromatic carbocycles. The van der Waals surface area contributed by atoms with Crippen molar-refractivity contribution >= 4 is 23.9 Å². The fourth-order valence-corrected chi connectivity index (χ4v) is 3.20. The van der Waals surface area contributed by atoms with Crippen LogP contribution < -0.4 is 10.1 Å². The van der Waals surface area contributed by atoms with E-state index in [0.29, 0.717) is 31.0 Å². The Morgan fingerprint density at radius 1 is 1.16 bits per heavy atom. The Hall–Kier alpha value is -3.13. The summed E-state index contributed by atoms with van der Waals surface area (Å²) in [7, 11) is 2.89. The van der Waals surface area contributed by atoms with Crippen LogP contribution in [0.4, 0.5) is 0 Å². The molecule has 1 aliphatic heterocycles. The highest BCUT2D eigenvalue weighted by Crippen LogP contribution is 2.32. The van der Waals surface area contributed by atoms with E-state index in [2.05, 4.69) is 5.32 Å². The van der Waals surface area contributed by atoms with Gasteiger partial charge in [-0.25, -0.2) is 4.79 Å². The number of nitrogens with one attached hydrogen (secondary N) is 1. The van der Waals surface area contributed by atoms with E-state index >= 15 is 0 Å². The van der Waals surface area contributed by atoms with Crippen molar-refractivity contribution in [3.05, 3.63) is 46.7 Å². The molecule has 2 amide bonds. The molecule has 1 aromatic rings. The topological polar surface area (TPSA) is 94.2 Å². The van der Waals surface area contributed by atoms with Crippen molar-refractivity contribution < 1.29 is 28.6 Å². The lowest BCUT2D eigenvalue weighted by Gasteiger charge is -2.17. The standard InChI is InChI=1S/C23H30N2O6/c1-15(2)24-20(26)14-31-18-9-7-17(8-10-18)13-19-21(23(28)30-5)16(3)25(22(19)27)11-6-12-29-4/h7-10,13,15H,6,11-12,14H2,1-5H3,(H,24,26)/b19-13-. The first kappa shape index (κ1) is 24.1. The molecule has 0 fully saturated rings. The van der Waals surface area contributed by atoms with Gasteiger partial charge in [0.15, 0.2) is 6.61 Å². The molecule has 0 spiro atoms. The Kier molecular flexibility index (Phi) is 8.81. The van der Waals surface area contributed by atoms with Crippen molar-refractivity contribution in [2.75, 3.05) is 34.0 Å². The highest BCUT2D eigenvalue weighted by molar-refractivity contribution is 6.16. The fraction of sp³-hybridized carbons (Fsp3) is 0.435. The van der Waals surface area contributed by atoms with Gasteiger partial charge in [-0.3, -0.25) is 9.59 Å². The van der Waals surface area contributed by atoms with Crippen LogP contribution in [0.15, 0.2) is 41.1 Å². The lowest BCUT2D eigenvalue weighted by molar-refractivity contribution is -0.136. The highest BCUT2D eigenvalue weighted by atomic mass is 16.5. The lowest BCUT2D eigenvalue weighted by atomic mass is 10.0. The molecule has 168 valence electrons. The first-order valence-electron chi connectivity index (χ1n) is 10.1. The molecule has 0 aromatic heterocycles. The van der Waals surface area contributed by atoms with Gasteiger partial charge in [-0.2, -0.15) is 0 Å². The SMILES string of the molecule is COCCCN1C(=O)/C(=C\c2ccc(OCC(=O)NC(C)C)cc2)C(C(=O)OC)=C1C. The molecule has 1 aliphatic rings. The summed E-state index contributed by atoms with van der Waals surface area (Å²) in [6, 6.07) is 6.98. The van der Waals surface area contributed by atoms with E-state index < -0.39 is 5.97 Å². The van der Waals surface area contributed by atoms with Gasteiger partial charge in [-0.15, -0.1) is 0 Å². The van der Waals surface area contributed by atoms with Crippen molar-refractivity contribution in [2.45, 2.75) is 33.2 Å². The number of carbonyl (C=O) groups excluding carboxylic acids is 3. The van der Waals surface area contributed by atoms with Crippen LogP contribution in [-0.2, 0) is 23.9 Å². The molecule has 0 saturated heterocycles. The smallest absolute Gasteiger partial charge is 0.340 e. The zero-order chi connectivity index (χ0) is 23.0. The zero-order valence-electron chi connectivity index (χ0n) is 18.7. The summed E-state index contributed by atoms with van der Waals surface area (Å²) in [6.07, 6.45) is 2.31. The van der Waals surface area contributed by atoms with Crippen LogP contribution in [0.25, 0.3) is 6.08 Å². The van der Waals surface area contributed by atoms with Gasteiger partial charge in [0.05, 0.1) is 18.3 Å². The largest absolute Gasteiger partial charge is 0.484 e. The molecular weight excluding hydrogens is 400 g/mol. The average Bonchev–Trinajstić information content (AvgIpc) is 2.96. The predicted molar refractivity (Wildman–Crippen MR) is 116 cm³/mol. The maximum Gasteiger partial charge on any atom is 0.340 e.